The highest BCUT2D eigenvalue weighted by molar-refractivity contribution is 7.71. The van der Waals surface area contributed by atoms with E-state index in [-0.39, 0.29) is 11.7 Å². The molecule has 0 amide bonds. The smallest absolute Gasteiger partial charge is 0.199 e. The van der Waals surface area contributed by atoms with Crippen LogP contribution in [0, 0.1) is 9.68 Å². The molecule has 2 aromatic rings. The maximum absolute atomic E-state index is 11.8. The predicted molar refractivity (Wildman–Crippen MR) is 103 cm³/mol. The molecule has 2 unspecified atom stereocenters. The third-order valence-corrected chi connectivity index (χ3v) is 5.69. The van der Waals surface area contributed by atoms with Gasteiger partial charge in [-0.1, -0.05) is 24.2 Å². The van der Waals surface area contributed by atoms with Crippen molar-refractivity contribution in [2.24, 2.45) is 5.18 Å². The normalized spacial score (nSPS) is 21.0. The average Bonchev–Trinajstić information content (AvgIpc) is 3.00. The van der Waals surface area contributed by atoms with Crippen molar-refractivity contribution < 1.29 is 5.11 Å². The molecule has 0 saturated carbocycles. The number of aromatic nitrogens is 3. The standard InChI is InChI=1S/C19H20N4O2S/c1-10(24)9-19(3,22-25)13-8-7-12-5-4-6-14-16(12)15(13)11(2)17-20-21-18(26)23(14)17/h4-6,9,11,24H,7-8H2,1-3H3,(H,21,26)/b10-9+. The second-order valence-corrected chi connectivity index (χ2v) is 7.56. The Bertz CT molecular complexity index is 1040. The van der Waals surface area contributed by atoms with Crippen LogP contribution in [0.4, 0.5) is 0 Å². The topological polar surface area (TPSA) is 83.3 Å². The number of nitrogens with zero attached hydrogens (tertiary/aromatic N) is 3. The number of aliphatic hydroxyl groups excluding tert-OH is 1. The molecule has 2 aliphatic rings. The zero-order chi connectivity index (χ0) is 18.6. The summed E-state index contributed by atoms with van der Waals surface area (Å²) >= 11 is 5.44. The minimum atomic E-state index is -1.09. The molecule has 0 saturated heterocycles. The van der Waals surface area contributed by atoms with Crippen molar-refractivity contribution in [3.63, 3.8) is 0 Å². The molecule has 2 atom stereocenters. The van der Waals surface area contributed by atoms with E-state index in [9.17, 15) is 10.0 Å². The van der Waals surface area contributed by atoms with Gasteiger partial charge in [0.05, 0.1) is 11.4 Å². The SMILES string of the molecule is C/C(O)=C\C(C)(N=O)C1=C2c3c(cccc3-n3c(n[nH]c3=S)C2C)CC1. The van der Waals surface area contributed by atoms with E-state index in [1.54, 1.807) is 13.8 Å². The molecule has 7 heteroatoms. The van der Waals surface area contributed by atoms with E-state index in [0.29, 0.717) is 11.2 Å². The Balaban J connectivity index is 2.10. The van der Waals surface area contributed by atoms with Crippen LogP contribution in [0.2, 0.25) is 0 Å². The first-order valence-electron chi connectivity index (χ1n) is 8.64. The van der Waals surface area contributed by atoms with Gasteiger partial charge in [0.15, 0.2) is 4.77 Å². The van der Waals surface area contributed by atoms with Gasteiger partial charge in [-0.3, -0.25) is 9.67 Å². The monoisotopic (exact) mass is 368 g/mol. The van der Waals surface area contributed by atoms with Crippen molar-refractivity contribution >= 4 is 17.8 Å². The van der Waals surface area contributed by atoms with E-state index in [1.807, 2.05) is 16.7 Å². The summed E-state index contributed by atoms with van der Waals surface area (Å²) < 4.78 is 2.54. The first-order valence-corrected chi connectivity index (χ1v) is 9.04. The van der Waals surface area contributed by atoms with Crippen LogP contribution in [-0.4, -0.2) is 25.4 Å². The Morgan fingerprint density at radius 2 is 2.27 bits per heavy atom. The molecule has 1 aliphatic heterocycles. The highest BCUT2D eigenvalue weighted by atomic mass is 32.1. The van der Waals surface area contributed by atoms with Crippen LogP contribution < -0.4 is 0 Å². The highest BCUT2D eigenvalue weighted by Gasteiger charge is 2.40. The van der Waals surface area contributed by atoms with Gasteiger partial charge >= 0.3 is 0 Å². The maximum atomic E-state index is 11.8. The van der Waals surface area contributed by atoms with Gasteiger partial charge < -0.3 is 5.11 Å². The molecule has 6 nitrogen and oxygen atoms in total. The van der Waals surface area contributed by atoms with Crippen LogP contribution in [0.15, 0.2) is 40.8 Å². The third kappa shape index (κ3) is 2.23. The number of aromatic amines is 1. The summed E-state index contributed by atoms with van der Waals surface area (Å²) in [6.45, 7) is 5.39. The molecule has 1 aromatic heterocycles. The Morgan fingerprint density at radius 3 is 2.96 bits per heavy atom. The first-order chi connectivity index (χ1) is 12.4. The average molecular weight is 368 g/mol. The quantitative estimate of drug-likeness (QED) is 0.466. The second kappa shape index (κ2) is 5.74. The van der Waals surface area contributed by atoms with E-state index in [0.717, 1.165) is 34.6 Å². The van der Waals surface area contributed by atoms with Crippen molar-refractivity contribution in [1.82, 2.24) is 14.8 Å². The van der Waals surface area contributed by atoms with Crippen LogP contribution >= 0.6 is 12.2 Å². The minimum Gasteiger partial charge on any atom is -0.513 e. The lowest BCUT2D eigenvalue weighted by atomic mass is 9.71. The molecule has 0 spiro atoms. The molecular formula is C19H20N4O2S. The van der Waals surface area contributed by atoms with Gasteiger partial charge in [-0.2, -0.15) is 5.10 Å². The Labute approximate surface area is 156 Å². The van der Waals surface area contributed by atoms with Gasteiger partial charge in [-0.25, -0.2) is 0 Å². The summed E-state index contributed by atoms with van der Waals surface area (Å²) in [6.07, 6.45) is 3.07. The van der Waals surface area contributed by atoms with Crippen LogP contribution in [-0.2, 0) is 6.42 Å². The van der Waals surface area contributed by atoms with Gasteiger partial charge in [0, 0.05) is 11.5 Å². The molecule has 26 heavy (non-hydrogen) atoms. The van der Waals surface area contributed by atoms with Crippen LogP contribution in [0.25, 0.3) is 11.3 Å². The summed E-state index contributed by atoms with van der Waals surface area (Å²) in [5.74, 6) is 0.873. The molecule has 1 aliphatic carbocycles. The van der Waals surface area contributed by atoms with E-state index < -0.39 is 5.54 Å². The lowest BCUT2D eigenvalue weighted by Crippen LogP contribution is -2.30. The van der Waals surface area contributed by atoms with Gasteiger partial charge in [-0.05, 0) is 67.8 Å². The molecule has 0 fully saturated rings. The number of allylic oxidation sites excluding steroid dienone is 2. The number of H-pyrrole nitrogens is 1. The van der Waals surface area contributed by atoms with Crippen molar-refractivity contribution in [1.29, 1.82) is 0 Å². The highest BCUT2D eigenvalue weighted by Crippen LogP contribution is 2.50. The van der Waals surface area contributed by atoms with E-state index >= 15 is 0 Å². The number of benzene rings is 1. The van der Waals surface area contributed by atoms with E-state index in [4.69, 9.17) is 12.2 Å². The van der Waals surface area contributed by atoms with Crippen LogP contribution in [0.5, 0.6) is 0 Å². The van der Waals surface area contributed by atoms with E-state index in [2.05, 4.69) is 28.4 Å². The fourth-order valence-electron chi connectivity index (χ4n) is 4.38. The van der Waals surface area contributed by atoms with Crippen molar-refractivity contribution in [3.05, 3.63) is 62.2 Å². The molecule has 2 N–H and O–H groups in total. The zero-order valence-corrected chi connectivity index (χ0v) is 15.7. The van der Waals surface area contributed by atoms with E-state index in [1.165, 1.54) is 11.6 Å². The number of fused-ring (bicyclic) bond motifs is 2. The largest absolute Gasteiger partial charge is 0.513 e. The number of hydrogen-bond donors (Lipinski definition) is 2. The lowest BCUT2D eigenvalue weighted by Gasteiger charge is -2.37. The number of nitrogens with one attached hydrogen (secondary N) is 1. The van der Waals surface area contributed by atoms with Crippen molar-refractivity contribution in [2.45, 2.75) is 45.1 Å². The summed E-state index contributed by atoms with van der Waals surface area (Å²) in [5, 5.41) is 20.5. The fraction of sp³-hybridized carbons (Fsp3) is 0.368. The van der Waals surface area contributed by atoms with Crippen molar-refractivity contribution in [2.75, 3.05) is 0 Å². The molecule has 4 rings (SSSR count). The predicted octanol–water partition coefficient (Wildman–Crippen LogP) is 4.73. The molecule has 2 heterocycles. The number of aliphatic hydroxyl groups is 1. The number of hydrogen-bond acceptors (Lipinski definition) is 5. The summed E-state index contributed by atoms with van der Waals surface area (Å²) in [5.41, 5.74) is 4.25. The molecule has 134 valence electrons. The number of nitroso groups, excluding NO2 is 1. The zero-order valence-electron chi connectivity index (χ0n) is 14.9. The van der Waals surface area contributed by atoms with Crippen LogP contribution in [0.3, 0.4) is 0 Å². The molecule has 1 aromatic carbocycles. The number of aryl methyl sites for hydroxylation is 1. The van der Waals surface area contributed by atoms with Gasteiger partial charge in [0.25, 0.3) is 0 Å². The maximum Gasteiger partial charge on any atom is 0.199 e. The molecular weight excluding hydrogens is 348 g/mol. The summed E-state index contributed by atoms with van der Waals surface area (Å²) in [4.78, 5) is 11.8. The third-order valence-electron chi connectivity index (χ3n) is 5.42. The summed E-state index contributed by atoms with van der Waals surface area (Å²) in [7, 11) is 0. The fourth-order valence-corrected chi connectivity index (χ4v) is 4.62. The molecule has 0 radical (unpaired) electrons. The molecule has 0 bridgehead atoms. The van der Waals surface area contributed by atoms with Gasteiger partial charge in [0.2, 0.25) is 0 Å². The second-order valence-electron chi connectivity index (χ2n) is 7.17. The Hall–Kier alpha value is -2.54. The van der Waals surface area contributed by atoms with Gasteiger partial charge in [-0.15, -0.1) is 4.91 Å². The Morgan fingerprint density at radius 1 is 1.50 bits per heavy atom. The lowest BCUT2D eigenvalue weighted by molar-refractivity contribution is 0.404. The van der Waals surface area contributed by atoms with Gasteiger partial charge in [0.1, 0.15) is 11.4 Å². The minimum absolute atomic E-state index is 0.0413. The first kappa shape index (κ1) is 16.9. The number of rotatable bonds is 3. The van der Waals surface area contributed by atoms with Crippen molar-refractivity contribution in [3.8, 4) is 5.69 Å². The Kier molecular flexibility index (Phi) is 3.73. The van der Waals surface area contributed by atoms with Crippen LogP contribution in [0.1, 0.15) is 50.1 Å². The summed E-state index contributed by atoms with van der Waals surface area (Å²) in [6, 6.07) is 6.18.